The minimum Gasteiger partial charge on any atom is -0.478 e. The van der Waals surface area contributed by atoms with E-state index >= 15 is 0 Å². The molecule has 0 spiro atoms. The number of halogens is 3. The van der Waals surface area contributed by atoms with E-state index < -0.39 is 11.8 Å². The Labute approximate surface area is 96.7 Å². The molecule has 5 heteroatoms. The van der Waals surface area contributed by atoms with Gasteiger partial charge in [0.05, 0.1) is 0 Å². The Morgan fingerprint density at radius 3 is 2.57 bits per heavy atom. The van der Waals surface area contributed by atoms with E-state index in [1.165, 1.54) is 12.1 Å². The number of carbonyl (C=O) groups is 1. The van der Waals surface area contributed by atoms with Gasteiger partial charge in [-0.05, 0) is 18.2 Å². The summed E-state index contributed by atoms with van der Waals surface area (Å²) in [6, 6.07) is 2.91. The average Bonchev–Trinajstić information content (AvgIpc) is 2.01. The van der Waals surface area contributed by atoms with Crippen molar-refractivity contribution in [2.24, 2.45) is 0 Å². The SMILES string of the molecule is O=C(O)/C=C/c1c(F)cc(Br)cc1Br. The molecule has 0 unspecified atom stereocenters. The minimum atomic E-state index is -1.11. The van der Waals surface area contributed by atoms with Crippen molar-refractivity contribution in [3.63, 3.8) is 0 Å². The molecule has 1 N–H and O–H groups in total. The van der Waals surface area contributed by atoms with E-state index in [2.05, 4.69) is 31.9 Å². The second kappa shape index (κ2) is 4.70. The maximum Gasteiger partial charge on any atom is 0.328 e. The summed E-state index contributed by atoms with van der Waals surface area (Å²) in [4.78, 5) is 10.2. The van der Waals surface area contributed by atoms with Crippen molar-refractivity contribution >= 4 is 43.9 Å². The van der Waals surface area contributed by atoms with Crippen LogP contribution in [0.15, 0.2) is 27.2 Å². The van der Waals surface area contributed by atoms with Crippen molar-refractivity contribution in [1.29, 1.82) is 0 Å². The number of carboxylic acid groups (broad SMARTS) is 1. The molecule has 0 aliphatic rings. The first kappa shape index (κ1) is 11.4. The third-order valence-corrected chi connectivity index (χ3v) is 2.55. The Morgan fingerprint density at radius 2 is 2.07 bits per heavy atom. The molecule has 0 saturated carbocycles. The van der Waals surface area contributed by atoms with E-state index in [0.29, 0.717) is 8.95 Å². The molecular formula is C9H5Br2FO2. The summed E-state index contributed by atoms with van der Waals surface area (Å²) >= 11 is 6.25. The molecule has 1 aromatic carbocycles. The number of aliphatic carboxylic acids is 1. The van der Waals surface area contributed by atoms with Crippen LogP contribution in [0.25, 0.3) is 6.08 Å². The molecule has 1 aromatic rings. The molecule has 0 atom stereocenters. The Hall–Kier alpha value is -0.680. The first-order valence-corrected chi connectivity index (χ1v) is 5.15. The molecule has 2 nitrogen and oxygen atoms in total. The lowest BCUT2D eigenvalue weighted by Gasteiger charge is -2.01. The maximum atomic E-state index is 13.3. The van der Waals surface area contributed by atoms with Gasteiger partial charge in [0.15, 0.2) is 0 Å². The fraction of sp³-hybridized carbons (Fsp3) is 0. The van der Waals surface area contributed by atoms with Crippen LogP contribution >= 0.6 is 31.9 Å². The topological polar surface area (TPSA) is 37.3 Å². The molecule has 0 saturated heterocycles. The highest BCUT2D eigenvalue weighted by atomic mass is 79.9. The minimum absolute atomic E-state index is 0.218. The van der Waals surface area contributed by atoms with E-state index in [4.69, 9.17) is 5.11 Å². The van der Waals surface area contributed by atoms with Crippen LogP contribution in [0, 0.1) is 5.82 Å². The van der Waals surface area contributed by atoms with Crippen LogP contribution in [0.5, 0.6) is 0 Å². The van der Waals surface area contributed by atoms with Gasteiger partial charge >= 0.3 is 5.97 Å². The first-order valence-electron chi connectivity index (χ1n) is 3.56. The van der Waals surface area contributed by atoms with Crippen LogP contribution in [0.1, 0.15) is 5.56 Å². The van der Waals surface area contributed by atoms with Crippen LogP contribution in [-0.4, -0.2) is 11.1 Å². The summed E-state index contributed by atoms with van der Waals surface area (Å²) in [5.41, 5.74) is 0.218. The van der Waals surface area contributed by atoms with E-state index in [1.807, 2.05) is 0 Å². The lowest BCUT2D eigenvalue weighted by Crippen LogP contribution is -1.89. The smallest absolute Gasteiger partial charge is 0.328 e. The van der Waals surface area contributed by atoms with E-state index in [0.717, 1.165) is 6.08 Å². The molecule has 0 radical (unpaired) electrons. The zero-order chi connectivity index (χ0) is 10.7. The molecule has 0 aliphatic heterocycles. The second-order valence-electron chi connectivity index (χ2n) is 2.45. The summed E-state index contributed by atoms with van der Waals surface area (Å²) in [6.45, 7) is 0. The fourth-order valence-corrected chi connectivity index (χ4v) is 2.17. The van der Waals surface area contributed by atoms with Gasteiger partial charge in [0.25, 0.3) is 0 Å². The van der Waals surface area contributed by atoms with E-state index in [9.17, 15) is 9.18 Å². The van der Waals surface area contributed by atoms with Gasteiger partial charge in [0, 0.05) is 20.6 Å². The highest BCUT2D eigenvalue weighted by Gasteiger charge is 2.05. The number of hydrogen-bond acceptors (Lipinski definition) is 1. The summed E-state index contributed by atoms with van der Waals surface area (Å²) in [6.07, 6.45) is 2.09. The fourth-order valence-electron chi connectivity index (χ4n) is 0.867. The molecule has 74 valence electrons. The number of rotatable bonds is 2. The van der Waals surface area contributed by atoms with Crippen LogP contribution < -0.4 is 0 Å². The molecule has 0 bridgehead atoms. The summed E-state index contributed by atoms with van der Waals surface area (Å²) in [5, 5.41) is 8.38. The van der Waals surface area contributed by atoms with Gasteiger partial charge in [0.1, 0.15) is 5.82 Å². The first-order chi connectivity index (χ1) is 6.50. The van der Waals surface area contributed by atoms with Crippen LogP contribution in [0.3, 0.4) is 0 Å². The van der Waals surface area contributed by atoms with Gasteiger partial charge in [-0.2, -0.15) is 0 Å². The maximum absolute atomic E-state index is 13.3. The van der Waals surface area contributed by atoms with Crippen LogP contribution in [-0.2, 0) is 4.79 Å². The molecule has 0 heterocycles. The molecule has 0 amide bonds. The number of hydrogen-bond donors (Lipinski definition) is 1. The predicted molar refractivity (Wildman–Crippen MR) is 58.5 cm³/mol. The Kier molecular flexibility index (Phi) is 3.83. The van der Waals surface area contributed by atoms with Crippen molar-refractivity contribution < 1.29 is 14.3 Å². The van der Waals surface area contributed by atoms with Gasteiger partial charge in [0.2, 0.25) is 0 Å². The lowest BCUT2D eigenvalue weighted by molar-refractivity contribution is -0.131. The van der Waals surface area contributed by atoms with Gasteiger partial charge in [-0.1, -0.05) is 31.9 Å². The van der Waals surface area contributed by atoms with Crippen molar-refractivity contribution in [1.82, 2.24) is 0 Å². The average molecular weight is 324 g/mol. The summed E-state index contributed by atoms with van der Waals surface area (Å²) in [5.74, 6) is -1.59. The Balaban J connectivity index is 3.15. The zero-order valence-electron chi connectivity index (χ0n) is 6.80. The summed E-state index contributed by atoms with van der Waals surface area (Å²) in [7, 11) is 0. The predicted octanol–water partition coefficient (Wildman–Crippen LogP) is 3.45. The van der Waals surface area contributed by atoms with Gasteiger partial charge in [-0.25, -0.2) is 9.18 Å². The van der Waals surface area contributed by atoms with Crippen molar-refractivity contribution in [2.45, 2.75) is 0 Å². The van der Waals surface area contributed by atoms with Gasteiger partial charge < -0.3 is 5.11 Å². The molecule has 0 fully saturated rings. The van der Waals surface area contributed by atoms with Crippen molar-refractivity contribution in [3.8, 4) is 0 Å². The molecule has 14 heavy (non-hydrogen) atoms. The molecule has 0 aromatic heterocycles. The largest absolute Gasteiger partial charge is 0.478 e. The molecule has 1 rings (SSSR count). The highest BCUT2D eigenvalue weighted by Crippen LogP contribution is 2.26. The summed E-state index contributed by atoms with van der Waals surface area (Å²) < 4.78 is 14.4. The van der Waals surface area contributed by atoms with Crippen molar-refractivity contribution in [3.05, 3.63) is 38.5 Å². The van der Waals surface area contributed by atoms with Gasteiger partial charge in [-0.15, -0.1) is 0 Å². The van der Waals surface area contributed by atoms with Gasteiger partial charge in [-0.3, -0.25) is 0 Å². The molecular weight excluding hydrogens is 319 g/mol. The highest BCUT2D eigenvalue weighted by molar-refractivity contribution is 9.11. The normalized spacial score (nSPS) is 10.8. The van der Waals surface area contributed by atoms with Crippen LogP contribution in [0.2, 0.25) is 0 Å². The standard InChI is InChI=1S/C9H5Br2FO2/c10-5-3-7(11)6(8(12)4-5)1-2-9(13)14/h1-4H,(H,13,14)/b2-1+. The monoisotopic (exact) mass is 322 g/mol. The molecule has 0 aliphatic carbocycles. The van der Waals surface area contributed by atoms with Crippen LogP contribution in [0.4, 0.5) is 4.39 Å². The lowest BCUT2D eigenvalue weighted by atomic mass is 10.2. The number of carboxylic acids is 1. The van der Waals surface area contributed by atoms with E-state index in [-0.39, 0.29) is 5.56 Å². The van der Waals surface area contributed by atoms with Crippen molar-refractivity contribution in [2.75, 3.05) is 0 Å². The number of benzene rings is 1. The Morgan fingerprint density at radius 1 is 1.43 bits per heavy atom. The Bertz CT molecular complexity index is 379. The third-order valence-electron chi connectivity index (χ3n) is 1.44. The van der Waals surface area contributed by atoms with E-state index in [1.54, 1.807) is 6.07 Å². The third kappa shape index (κ3) is 2.92. The quantitative estimate of drug-likeness (QED) is 0.846. The zero-order valence-corrected chi connectivity index (χ0v) is 9.97. The second-order valence-corrected chi connectivity index (χ2v) is 4.22.